The number of rotatable bonds is 3. The lowest BCUT2D eigenvalue weighted by Gasteiger charge is -2.37. The van der Waals surface area contributed by atoms with Crippen LogP contribution < -0.4 is 5.14 Å². The molecule has 1 unspecified atom stereocenters. The van der Waals surface area contributed by atoms with Crippen molar-refractivity contribution in [2.45, 2.75) is 24.0 Å². The Morgan fingerprint density at radius 1 is 1.67 bits per heavy atom. The Morgan fingerprint density at radius 3 is 2.80 bits per heavy atom. The number of primary sulfonamides is 1. The minimum absolute atomic E-state index is 0.0653. The van der Waals surface area contributed by atoms with E-state index in [-0.39, 0.29) is 5.03 Å². The third kappa shape index (κ3) is 2.19. The number of nitrogens with two attached hydrogens (primary N) is 1. The molecule has 0 aliphatic carbocycles. The standard InChI is InChI=1S/C8H14N4O2S/c1-11-4-2-7(11)6-12-5-3-8(10-12)15(9,13)14/h3,5,7H,2,4,6H2,1H3,(H2,9,13,14). The van der Waals surface area contributed by atoms with Gasteiger partial charge in [-0.2, -0.15) is 5.10 Å². The van der Waals surface area contributed by atoms with Crippen LogP contribution in [0, 0.1) is 0 Å². The van der Waals surface area contributed by atoms with Crippen LogP contribution in [0.15, 0.2) is 17.3 Å². The fraction of sp³-hybridized carbons (Fsp3) is 0.625. The van der Waals surface area contributed by atoms with Crippen LogP contribution in [0.25, 0.3) is 0 Å². The maximum atomic E-state index is 11.0. The Kier molecular flexibility index (Phi) is 2.53. The van der Waals surface area contributed by atoms with Crippen molar-refractivity contribution in [1.82, 2.24) is 14.7 Å². The van der Waals surface area contributed by atoms with Gasteiger partial charge >= 0.3 is 0 Å². The van der Waals surface area contributed by atoms with Crippen LogP contribution in [-0.4, -0.2) is 42.7 Å². The molecule has 1 aliphatic rings. The minimum atomic E-state index is -3.67. The quantitative estimate of drug-likeness (QED) is 0.739. The molecule has 84 valence electrons. The summed E-state index contributed by atoms with van der Waals surface area (Å²) in [5, 5.41) is 8.81. The van der Waals surface area contributed by atoms with Crippen molar-refractivity contribution in [1.29, 1.82) is 0 Å². The van der Waals surface area contributed by atoms with Crippen LogP contribution >= 0.6 is 0 Å². The zero-order chi connectivity index (χ0) is 11.1. The topological polar surface area (TPSA) is 81.2 Å². The molecular formula is C8H14N4O2S. The molecule has 1 aromatic rings. The molecule has 2 rings (SSSR count). The normalized spacial score (nSPS) is 22.7. The van der Waals surface area contributed by atoms with Gasteiger partial charge in [0.25, 0.3) is 10.0 Å². The van der Waals surface area contributed by atoms with Crippen molar-refractivity contribution < 1.29 is 8.42 Å². The Labute approximate surface area is 88.7 Å². The summed E-state index contributed by atoms with van der Waals surface area (Å²) >= 11 is 0. The van der Waals surface area contributed by atoms with Crippen LogP contribution in [-0.2, 0) is 16.6 Å². The molecule has 1 fully saturated rings. The number of aromatic nitrogens is 2. The zero-order valence-electron chi connectivity index (χ0n) is 8.50. The monoisotopic (exact) mass is 230 g/mol. The average Bonchev–Trinajstić information content (AvgIpc) is 2.59. The van der Waals surface area contributed by atoms with Crippen LogP contribution in [0.5, 0.6) is 0 Å². The first-order valence-electron chi connectivity index (χ1n) is 4.73. The van der Waals surface area contributed by atoms with Gasteiger partial charge in [0.1, 0.15) is 0 Å². The highest BCUT2D eigenvalue weighted by molar-refractivity contribution is 7.89. The van der Waals surface area contributed by atoms with E-state index in [4.69, 9.17) is 5.14 Å². The van der Waals surface area contributed by atoms with Crippen molar-refractivity contribution >= 4 is 10.0 Å². The highest BCUT2D eigenvalue weighted by atomic mass is 32.2. The minimum Gasteiger partial charge on any atom is -0.301 e. The molecule has 15 heavy (non-hydrogen) atoms. The summed E-state index contributed by atoms with van der Waals surface area (Å²) in [7, 11) is -1.63. The van der Waals surface area contributed by atoms with Crippen molar-refractivity contribution in [3.63, 3.8) is 0 Å². The molecule has 2 heterocycles. The number of likely N-dealkylation sites (N-methyl/N-ethyl adjacent to an activating group) is 1. The molecule has 0 amide bonds. The van der Waals surface area contributed by atoms with E-state index in [2.05, 4.69) is 10.00 Å². The van der Waals surface area contributed by atoms with Crippen LogP contribution in [0.4, 0.5) is 0 Å². The van der Waals surface area contributed by atoms with Gasteiger partial charge in [-0.15, -0.1) is 0 Å². The molecule has 0 spiro atoms. The van der Waals surface area contributed by atoms with Crippen LogP contribution in [0.1, 0.15) is 6.42 Å². The molecule has 6 nitrogen and oxygen atoms in total. The first kappa shape index (κ1) is 10.6. The van der Waals surface area contributed by atoms with Gasteiger partial charge in [-0.05, 0) is 26.1 Å². The van der Waals surface area contributed by atoms with E-state index >= 15 is 0 Å². The number of sulfonamides is 1. The van der Waals surface area contributed by atoms with Crippen molar-refractivity contribution in [2.24, 2.45) is 5.14 Å². The number of hydrogen-bond acceptors (Lipinski definition) is 4. The van der Waals surface area contributed by atoms with E-state index in [0.29, 0.717) is 12.6 Å². The van der Waals surface area contributed by atoms with Crippen LogP contribution in [0.3, 0.4) is 0 Å². The summed E-state index contributed by atoms with van der Waals surface area (Å²) in [6, 6.07) is 1.88. The number of nitrogens with zero attached hydrogens (tertiary/aromatic N) is 3. The van der Waals surface area contributed by atoms with Gasteiger partial charge < -0.3 is 4.90 Å². The largest absolute Gasteiger partial charge is 0.301 e. The lowest BCUT2D eigenvalue weighted by atomic mass is 10.1. The summed E-state index contributed by atoms with van der Waals surface area (Å²) in [5.74, 6) is 0. The maximum Gasteiger partial charge on any atom is 0.257 e. The SMILES string of the molecule is CN1CCC1Cn1ccc(S(N)(=O)=O)n1. The second-order valence-electron chi connectivity index (χ2n) is 3.84. The molecule has 1 saturated heterocycles. The van der Waals surface area contributed by atoms with Gasteiger partial charge in [-0.25, -0.2) is 13.6 Å². The van der Waals surface area contributed by atoms with E-state index in [9.17, 15) is 8.42 Å². The number of likely N-dealkylation sites (tertiary alicyclic amines) is 1. The molecular weight excluding hydrogens is 216 g/mol. The summed E-state index contributed by atoms with van der Waals surface area (Å²) in [6.45, 7) is 1.81. The maximum absolute atomic E-state index is 11.0. The van der Waals surface area contributed by atoms with E-state index in [0.717, 1.165) is 13.0 Å². The van der Waals surface area contributed by atoms with Crippen molar-refractivity contribution in [3.8, 4) is 0 Å². The number of hydrogen-bond donors (Lipinski definition) is 1. The first-order chi connectivity index (χ1) is 6.97. The van der Waals surface area contributed by atoms with Crippen LogP contribution in [0.2, 0.25) is 0 Å². The van der Waals surface area contributed by atoms with E-state index in [1.54, 1.807) is 10.9 Å². The predicted octanol–water partition coefficient (Wildman–Crippen LogP) is -0.765. The van der Waals surface area contributed by atoms with E-state index in [1.165, 1.54) is 6.07 Å². The van der Waals surface area contributed by atoms with Gasteiger partial charge in [0.15, 0.2) is 5.03 Å². The molecule has 1 aromatic heterocycles. The van der Waals surface area contributed by atoms with Crippen molar-refractivity contribution in [2.75, 3.05) is 13.6 Å². The molecule has 0 aromatic carbocycles. The van der Waals surface area contributed by atoms with Gasteiger partial charge in [-0.3, -0.25) is 4.68 Å². The smallest absolute Gasteiger partial charge is 0.257 e. The van der Waals surface area contributed by atoms with Crippen molar-refractivity contribution in [3.05, 3.63) is 12.3 Å². The summed E-state index contributed by atoms with van der Waals surface area (Å²) in [5.41, 5.74) is 0. The summed E-state index contributed by atoms with van der Waals surface area (Å²) < 4.78 is 23.6. The van der Waals surface area contributed by atoms with E-state index in [1.807, 2.05) is 7.05 Å². The lowest BCUT2D eigenvalue weighted by Crippen LogP contribution is -2.47. The second kappa shape index (κ2) is 3.58. The zero-order valence-corrected chi connectivity index (χ0v) is 9.31. The lowest BCUT2D eigenvalue weighted by molar-refractivity contribution is 0.106. The summed E-state index contributed by atoms with van der Waals surface area (Å²) in [4.78, 5) is 2.21. The molecule has 0 radical (unpaired) electrons. The fourth-order valence-electron chi connectivity index (χ4n) is 1.61. The fourth-order valence-corrected chi connectivity index (χ4v) is 2.08. The van der Waals surface area contributed by atoms with Gasteiger partial charge in [0.05, 0.1) is 6.54 Å². The van der Waals surface area contributed by atoms with Gasteiger partial charge in [0.2, 0.25) is 0 Å². The average molecular weight is 230 g/mol. The Balaban J connectivity index is 2.08. The Morgan fingerprint density at radius 2 is 2.40 bits per heavy atom. The molecule has 1 atom stereocenters. The van der Waals surface area contributed by atoms with E-state index < -0.39 is 10.0 Å². The molecule has 0 bridgehead atoms. The Hall–Kier alpha value is -0.920. The highest BCUT2D eigenvalue weighted by Crippen LogP contribution is 2.16. The molecule has 2 N–H and O–H groups in total. The third-order valence-corrected chi connectivity index (χ3v) is 3.54. The van der Waals surface area contributed by atoms with Gasteiger partial charge in [0, 0.05) is 12.2 Å². The molecule has 0 saturated carbocycles. The highest BCUT2D eigenvalue weighted by Gasteiger charge is 2.24. The first-order valence-corrected chi connectivity index (χ1v) is 6.28. The summed E-state index contributed by atoms with van der Waals surface area (Å²) in [6.07, 6.45) is 2.77. The molecule has 1 aliphatic heterocycles. The predicted molar refractivity (Wildman–Crippen MR) is 54.6 cm³/mol. The third-order valence-electron chi connectivity index (χ3n) is 2.74. The Bertz CT molecular complexity index is 453. The molecule has 7 heteroatoms. The second-order valence-corrected chi connectivity index (χ2v) is 5.35. The van der Waals surface area contributed by atoms with Gasteiger partial charge in [-0.1, -0.05) is 0 Å².